The number of rotatable bonds is 4. The maximum absolute atomic E-state index is 11.3. The minimum Gasteiger partial charge on any atom is -0.381 e. The van der Waals surface area contributed by atoms with Crippen LogP contribution in [0.4, 0.5) is 5.69 Å². The third-order valence-corrected chi connectivity index (χ3v) is 5.85. The molecule has 0 amide bonds. The second-order valence-corrected chi connectivity index (χ2v) is 8.61. The molecule has 1 aliphatic rings. The molecular formula is C15H23BrN2O2S. The van der Waals surface area contributed by atoms with Gasteiger partial charge in [-0.05, 0) is 58.8 Å². The first-order valence-electron chi connectivity index (χ1n) is 7.36. The van der Waals surface area contributed by atoms with Crippen molar-refractivity contribution in [1.29, 1.82) is 0 Å². The highest BCUT2D eigenvalue weighted by atomic mass is 79.9. The first kappa shape index (κ1) is 16.8. The smallest absolute Gasteiger partial charge is 0.238 e. The maximum Gasteiger partial charge on any atom is 0.238 e. The lowest BCUT2D eigenvalue weighted by atomic mass is 9.79. The Labute approximate surface area is 135 Å². The molecule has 2 unspecified atom stereocenters. The molecule has 0 spiro atoms. The van der Waals surface area contributed by atoms with E-state index in [1.165, 1.54) is 19.3 Å². The van der Waals surface area contributed by atoms with Gasteiger partial charge in [-0.1, -0.05) is 26.7 Å². The van der Waals surface area contributed by atoms with Crippen LogP contribution in [0.1, 0.15) is 39.5 Å². The van der Waals surface area contributed by atoms with E-state index in [1.54, 1.807) is 18.2 Å². The number of nitrogens with two attached hydrogens (primary N) is 1. The summed E-state index contributed by atoms with van der Waals surface area (Å²) in [5.41, 5.74) is 0.928. The van der Waals surface area contributed by atoms with Crippen LogP contribution in [0.3, 0.4) is 0 Å². The average Bonchev–Trinajstić information content (AvgIpc) is 2.40. The third-order valence-electron chi connectivity index (χ3n) is 4.29. The summed E-state index contributed by atoms with van der Waals surface area (Å²) in [6.45, 7) is 4.56. The SMILES string of the molecule is CC(C)C1CCCC(Nc2ccc(S(N)(=O)=O)cc2Br)C1. The lowest BCUT2D eigenvalue weighted by Crippen LogP contribution is -2.29. The molecule has 0 saturated heterocycles. The summed E-state index contributed by atoms with van der Waals surface area (Å²) in [4.78, 5) is 0.128. The van der Waals surface area contributed by atoms with Gasteiger partial charge < -0.3 is 5.32 Å². The van der Waals surface area contributed by atoms with E-state index >= 15 is 0 Å². The highest BCUT2D eigenvalue weighted by Crippen LogP contribution is 2.33. The van der Waals surface area contributed by atoms with Gasteiger partial charge in [0.15, 0.2) is 0 Å². The number of benzene rings is 1. The first-order chi connectivity index (χ1) is 9.77. The Hall–Kier alpha value is -0.590. The monoisotopic (exact) mass is 374 g/mol. The number of hydrogen-bond acceptors (Lipinski definition) is 3. The highest BCUT2D eigenvalue weighted by Gasteiger charge is 2.24. The van der Waals surface area contributed by atoms with Crippen molar-refractivity contribution in [3.63, 3.8) is 0 Å². The van der Waals surface area contributed by atoms with Crippen LogP contribution in [0.2, 0.25) is 0 Å². The van der Waals surface area contributed by atoms with Crippen molar-refractivity contribution in [3.05, 3.63) is 22.7 Å². The summed E-state index contributed by atoms with van der Waals surface area (Å²) in [5, 5.41) is 8.67. The van der Waals surface area contributed by atoms with Gasteiger partial charge in [0.25, 0.3) is 0 Å². The summed E-state index contributed by atoms with van der Waals surface area (Å²) < 4.78 is 23.4. The number of primary sulfonamides is 1. The summed E-state index contributed by atoms with van der Waals surface area (Å²) >= 11 is 3.43. The molecular weight excluding hydrogens is 352 g/mol. The van der Waals surface area contributed by atoms with E-state index in [4.69, 9.17) is 5.14 Å². The molecule has 6 heteroatoms. The number of halogens is 1. The normalized spacial score (nSPS) is 23.3. The van der Waals surface area contributed by atoms with Gasteiger partial charge in [0.2, 0.25) is 10.0 Å². The summed E-state index contributed by atoms with van der Waals surface area (Å²) in [5.74, 6) is 1.47. The van der Waals surface area contributed by atoms with E-state index in [2.05, 4.69) is 35.1 Å². The van der Waals surface area contributed by atoms with Gasteiger partial charge in [0, 0.05) is 16.2 Å². The van der Waals surface area contributed by atoms with Gasteiger partial charge in [0.1, 0.15) is 0 Å². The quantitative estimate of drug-likeness (QED) is 0.843. The molecule has 0 radical (unpaired) electrons. The van der Waals surface area contributed by atoms with Crippen molar-refractivity contribution in [2.24, 2.45) is 17.0 Å². The second kappa shape index (κ2) is 6.67. The van der Waals surface area contributed by atoms with E-state index < -0.39 is 10.0 Å². The van der Waals surface area contributed by atoms with Gasteiger partial charge in [0.05, 0.1) is 4.90 Å². The van der Waals surface area contributed by atoms with Gasteiger partial charge in [-0.2, -0.15) is 0 Å². The molecule has 1 aromatic carbocycles. The zero-order valence-corrected chi connectivity index (χ0v) is 14.9. The zero-order valence-electron chi connectivity index (χ0n) is 12.5. The Morgan fingerprint density at radius 1 is 1.33 bits per heavy atom. The maximum atomic E-state index is 11.3. The van der Waals surface area contributed by atoms with Gasteiger partial charge in [-0.3, -0.25) is 0 Å². The summed E-state index contributed by atoms with van der Waals surface area (Å²) in [6, 6.07) is 5.33. The Morgan fingerprint density at radius 3 is 2.62 bits per heavy atom. The van der Waals surface area contributed by atoms with E-state index in [-0.39, 0.29) is 4.90 Å². The Balaban J connectivity index is 2.09. The molecule has 1 saturated carbocycles. The molecule has 3 N–H and O–H groups in total. The summed E-state index contributed by atoms with van der Waals surface area (Å²) in [6.07, 6.45) is 4.88. The van der Waals surface area contributed by atoms with Crippen LogP contribution in [-0.2, 0) is 10.0 Å². The third kappa shape index (κ3) is 4.44. The van der Waals surface area contributed by atoms with Crippen LogP contribution in [0.15, 0.2) is 27.6 Å². The van der Waals surface area contributed by atoms with Crippen molar-refractivity contribution < 1.29 is 8.42 Å². The van der Waals surface area contributed by atoms with Crippen LogP contribution < -0.4 is 10.5 Å². The fourth-order valence-electron chi connectivity index (χ4n) is 2.97. The first-order valence-corrected chi connectivity index (χ1v) is 9.70. The fourth-order valence-corrected chi connectivity index (χ4v) is 4.16. The number of sulfonamides is 1. The number of nitrogens with one attached hydrogen (secondary N) is 1. The Kier molecular flexibility index (Phi) is 5.33. The zero-order chi connectivity index (χ0) is 15.6. The fraction of sp³-hybridized carbons (Fsp3) is 0.600. The second-order valence-electron chi connectivity index (χ2n) is 6.20. The topological polar surface area (TPSA) is 72.2 Å². The number of anilines is 1. The number of hydrogen-bond donors (Lipinski definition) is 2. The largest absolute Gasteiger partial charge is 0.381 e. The lowest BCUT2D eigenvalue weighted by molar-refractivity contribution is 0.264. The van der Waals surface area contributed by atoms with Crippen LogP contribution in [0.25, 0.3) is 0 Å². The molecule has 0 bridgehead atoms. The van der Waals surface area contributed by atoms with Crippen molar-refractivity contribution in [1.82, 2.24) is 0 Å². The standard InChI is InChI=1S/C15H23BrN2O2S/c1-10(2)11-4-3-5-12(8-11)18-15-7-6-13(9-14(15)16)21(17,19)20/h6-7,9-12,18H,3-5,8H2,1-2H3,(H2,17,19,20). The molecule has 1 aromatic rings. The molecule has 1 aliphatic carbocycles. The Morgan fingerprint density at radius 2 is 2.05 bits per heavy atom. The highest BCUT2D eigenvalue weighted by molar-refractivity contribution is 9.10. The van der Waals surface area contributed by atoms with Crippen LogP contribution in [-0.4, -0.2) is 14.5 Å². The lowest BCUT2D eigenvalue weighted by Gasteiger charge is -2.33. The van der Waals surface area contributed by atoms with Gasteiger partial charge >= 0.3 is 0 Å². The van der Waals surface area contributed by atoms with Crippen molar-refractivity contribution in [2.75, 3.05) is 5.32 Å². The molecule has 118 valence electrons. The molecule has 0 aromatic heterocycles. The van der Waals surface area contributed by atoms with Gasteiger partial charge in [-0.15, -0.1) is 0 Å². The molecule has 1 fully saturated rings. The molecule has 4 nitrogen and oxygen atoms in total. The van der Waals surface area contributed by atoms with Gasteiger partial charge in [-0.25, -0.2) is 13.6 Å². The van der Waals surface area contributed by atoms with E-state index in [1.807, 2.05) is 0 Å². The minimum atomic E-state index is -3.65. The van der Waals surface area contributed by atoms with E-state index in [0.29, 0.717) is 12.0 Å². The Bertz CT molecular complexity index is 602. The predicted molar refractivity (Wildman–Crippen MR) is 89.7 cm³/mol. The van der Waals surface area contributed by atoms with Crippen LogP contribution >= 0.6 is 15.9 Å². The average molecular weight is 375 g/mol. The van der Waals surface area contributed by atoms with Crippen molar-refractivity contribution >= 4 is 31.6 Å². The van der Waals surface area contributed by atoms with Crippen molar-refractivity contribution in [3.8, 4) is 0 Å². The molecule has 2 atom stereocenters. The van der Waals surface area contributed by atoms with Crippen molar-refractivity contribution in [2.45, 2.75) is 50.5 Å². The summed E-state index contributed by atoms with van der Waals surface area (Å²) in [7, 11) is -3.65. The molecule has 0 heterocycles. The molecule has 0 aliphatic heterocycles. The van der Waals surface area contributed by atoms with E-state index in [9.17, 15) is 8.42 Å². The van der Waals surface area contributed by atoms with E-state index in [0.717, 1.165) is 22.5 Å². The molecule has 21 heavy (non-hydrogen) atoms. The van der Waals surface area contributed by atoms with Crippen LogP contribution in [0, 0.1) is 11.8 Å². The van der Waals surface area contributed by atoms with Crippen LogP contribution in [0.5, 0.6) is 0 Å². The minimum absolute atomic E-state index is 0.128. The molecule has 2 rings (SSSR count). The predicted octanol–water partition coefficient (Wildman–Crippen LogP) is 3.72.